The molecule has 0 radical (unpaired) electrons. The smallest absolute Gasteiger partial charge is 0.246 e. The van der Waals surface area contributed by atoms with E-state index in [0.29, 0.717) is 6.61 Å². The fourth-order valence-corrected chi connectivity index (χ4v) is 3.23. The van der Waals surface area contributed by atoms with Gasteiger partial charge in [-0.15, -0.1) is 0 Å². The second-order valence-electron chi connectivity index (χ2n) is 6.99. The van der Waals surface area contributed by atoms with Crippen LogP contribution in [0, 0.1) is 6.92 Å². The number of likely N-dealkylation sites (N-methyl/N-ethyl adjacent to an activating group) is 1. The quantitative estimate of drug-likeness (QED) is 0.488. The number of anilines is 1. The average molecular weight is 385 g/mol. The number of carbonyl (C=O) groups is 1. The fraction of sp³-hybridized carbons (Fsp3) is 0.167. The highest BCUT2D eigenvalue weighted by Crippen LogP contribution is 2.20. The molecule has 1 aromatic heterocycles. The van der Waals surface area contributed by atoms with E-state index >= 15 is 0 Å². The lowest BCUT2D eigenvalue weighted by Gasteiger charge is -2.19. The van der Waals surface area contributed by atoms with E-state index in [9.17, 15) is 4.79 Å². The van der Waals surface area contributed by atoms with Gasteiger partial charge in [0.15, 0.2) is 0 Å². The van der Waals surface area contributed by atoms with Gasteiger partial charge >= 0.3 is 0 Å². The predicted molar refractivity (Wildman–Crippen MR) is 115 cm³/mol. The number of imidazole rings is 1. The first-order valence-corrected chi connectivity index (χ1v) is 9.57. The van der Waals surface area contributed by atoms with Gasteiger partial charge < -0.3 is 14.2 Å². The summed E-state index contributed by atoms with van der Waals surface area (Å²) in [5, 5.41) is 0. The van der Waals surface area contributed by atoms with Gasteiger partial charge in [-0.25, -0.2) is 4.98 Å². The molecule has 5 nitrogen and oxygen atoms in total. The van der Waals surface area contributed by atoms with E-state index in [4.69, 9.17) is 9.72 Å². The molecule has 0 aliphatic carbocycles. The highest BCUT2D eigenvalue weighted by atomic mass is 16.5. The highest BCUT2D eigenvalue weighted by Gasteiger charge is 2.17. The monoisotopic (exact) mass is 385 g/mol. The van der Waals surface area contributed by atoms with E-state index in [-0.39, 0.29) is 12.5 Å². The number of ether oxygens (including phenoxy) is 1. The molecule has 0 saturated heterocycles. The lowest BCUT2D eigenvalue weighted by molar-refractivity contribution is -0.118. The SMILES string of the molecule is Cc1ccc(N(C)C(=O)Cn2c(COc3ccccc3)nc3ccccc32)cc1. The molecule has 0 saturated carbocycles. The lowest BCUT2D eigenvalue weighted by atomic mass is 10.2. The third-order valence-corrected chi connectivity index (χ3v) is 4.93. The largest absolute Gasteiger partial charge is 0.486 e. The van der Waals surface area contributed by atoms with Crippen molar-refractivity contribution in [1.29, 1.82) is 0 Å². The maximum absolute atomic E-state index is 13.0. The maximum Gasteiger partial charge on any atom is 0.246 e. The van der Waals surface area contributed by atoms with Crippen molar-refractivity contribution < 1.29 is 9.53 Å². The molecule has 0 spiro atoms. The number of fused-ring (bicyclic) bond motifs is 1. The van der Waals surface area contributed by atoms with Crippen LogP contribution in [0.15, 0.2) is 78.9 Å². The van der Waals surface area contributed by atoms with Crippen molar-refractivity contribution in [1.82, 2.24) is 9.55 Å². The number of carbonyl (C=O) groups excluding carboxylic acids is 1. The average Bonchev–Trinajstić information content (AvgIpc) is 3.10. The van der Waals surface area contributed by atoms with Crippen LogP contribution in [0.5, 0.6) is 5.75 Å². The molecule has 0 unspecified atom stereocenters. The molecule has 0 atom stereocenters. The van der Waals surface area contributed by atoms with Gasteiger partial charge in [-0.3, -0.25) is 4.79 Å². The third kappa shape index (κ3) is 4.14. The van der Waals surface area contributed by atoms with Crippen molar-refractivity contribution >= 4 is 22.6 Å². The summed E-state index contributed by atoms with van der Waals surface area (Å²) >= 11 is 0. The Morgan fingerprint density at radius 1 is 0.966 bits per heavy atom. The second-order valence-corrected chi connectivity index (χ2v) is 6.99. The summed E-state index contributed by atoms with van der Waals surface area (Å²) in [7, 11) is 1.80. The van der Waals surface area contributed by atoms with Crippen molar-refractivity contribution in [2.75, 3.05) is 11.9 Å². The van der Waals surface area contributed by atoms with Crippen LogP contribution in [0.1, 0.15) is 11.4 Å². The first kappa shape index (κ1) is 18.7. The maximum atomic E-state index is 13.0. The zero-order chi connectivity index (χ0) is 20.2. The molecule has 1 amide bonds. The van der Waals surface area contributed by atoms with Crippen LogP contribution in [0.3, 0.4) is 0 Å². The Hall–Kier alpha value is -3.60. The van der Waals surface area contributed by atoms with Crippen molar-refractivity contribution in [3.8, 4) is 5.75 Å². The number of aryl methyl sites for hydroxylation is 1. The topological polar surface area (TPSA) is 47.4 Å². The van der Waals surface area contributed by atoms with Gasteiger partial charge in [-0.1, -0.05) is 48.0 Å². The summed E-state index contributed by atoms with van der Waals surface area (Å²) in [6.45, 7) is 2.51. The van der Waals surface area contributed by atoms with Crippen LogP contribution in [-0.2, 0) is 17.9 Å². The first-order valence-electron chi connectivity index (χ1n) is 9.57. The number of rotatable bonds is 6. The molecule has 1 heterocycles. The van der Waals surface area contributed by atoms with Crippen LogP contribution < -0.4 is 9.64 Å². The van der Waals surface area contributed by atoms with Crippen LogP contribution >= 0.6 is 0 Å². The second kappa shape index (κ2) is 8.19. The molecule has 5 heteroatoms. The van der Waals surface area contributed by atoms with Crippen molar-refractivity contribution in [3.05, 3.63) is 90.3 Å². The Labute approximate surface area is 170 Å². The minimum atomic E-state index is -0.0158. The summed E-state index contributed by atoms with van der Waals surface area (Å²) < 4.78 is 7.83. The summed E-state index contributed by atoms with van der Waals surface area (Å²) in [6.07, 6.45) is 0. The number of nitrogens with zero attached hydrogens (tertiary/aromatic N) is 3. The van der Waals surface area contributed by atoms with E-state index in [1.54, 1.807) is 11.9 Å². The molecule has 3 aromatic carbocycles. The summed E-state index contributed by atoms with van der Waals surface area (Å²) in [4.78, 5) is 19.4. The summed E-state index contributed by atoms with van der Waals surface area (Å²) in [5.41, 5.74) is 3.80. The van der Waals surface area contributed by atoms with Gasteiger partial charge in [0.2, 0.25) is 5.91 Å². The Bertz CT molecular complexity index is 1120. The Morgan fingerprint density at radius 2 is 1.66 bits per heavy atom. The Kier molecular flexibility index (Phi) is 5.29. The molecule has 0 fully saturated rings. The van der Waals surface area contributed by atoms with Gasteiger partial charge in [-0.05, 0) is 43.3 Å². The van der Waals surface area contributed by atoms with E-state index < -0.39 is 0 Å². The zero-order valence-corrected chi connectivity index (χ0v) is 16.6. The number of hydrogen-bond donors (Lipinski definition) is 0. The van der Waals surface area contributed by atoms with Gasteiger partial charge in [-0.2, -0.15) is 0 Å². The molecule has 146 valence electrons. The third-order valence-electron chi connectivity index (χ3n) is 4.93. The number of benzene rings is 3. The minimum absolute atomic E-state index is 0.0158. The van der Waals surface area contributed by atoms with E-state index in [0.717, 1.165) is 33.9 Å². The molecule has 29 heavy (non-hydrogen) atoms. The predicted octanol–water partition coefficient (Wildman–Crippen LogP) is 4.59. The number of hydrogen-bond acceptors (Lipinski definition) is 3. The first-order chi connectivity index (χ1) is 14.1. The molecule has 0 N–H and O–H groups in total. The normalized spacial score (nSPS) is 10.8. The van der Waals surface area contributed by atoms with Gasteiger partial charge in [0, 0.05) is 12.7 Å². The van der Waals surface area contributed by atoms with E-state index in [1.165, 1.54) is 0 Å². The summed E-state index contributed by atoms with van der Waals surface area (Å²) in [6, 6.07) is 25.4. The zero-order valence-electron chi connectivity index (χ0n) is 16.6. The van der Waals surface area contributed by atoms with E-state index in [1.807, 2.05) is 90.4 Å². The van der Waals surface area contributed by atoms with Crippen LogP contribution in [0.4, 0.5) is 5.69 Å². The molecule has 0 aliphatic heterocycles. The lowest BCUT2D eigenvalue weighted by Crippen LogP contribution is -2.30. The standard InChI is InChI=1S/C24H23N3O2/c1-18-12-14-19(15-13-18)26(2)24(28)16-27-22-11-7-6-10-21(22)25-23(27)17-29-20-8-4-3-5-9-20/h3-15H,16-17H2,1-2H3. The number of aromatic nitrogens is 2. The van der Waals surface area contributed by atoms with Gasteiger partial charge in [0.1, 0.15) is 24.7 Å². The minimum Gasteiger partial charge on any atom is -0.486 e. The highest BCUT2D eigenvalue weighted by molar-refractivity contribution is 5.93. The van der Waals surface area contributed by atoms with Crippen molar-refractivity contribution in [2.24, 2.45) is 0 Å². The van der Waals surface area contributed by atoms with Crippen LogP contribution in [0.2, 0.25) is 0 Å². The Morgan fingerprint density at radius 3 is 2.41 bits per heavy atom. The van der Waals surface area contributed by atoms with Crippen LogP contribution in [0.25, 0.3) is 11.0 Å². The van der Waals surface area contributed by atoms with Gasteiger partial charge in [0.05, 0.1) is 11.0 Å². The van der Waals surface area contributed by atoms with Crippen molar-refractivity contribution in [2.45, 2.75) is 20.1 Å². The molecule has 4 aromatic rings. The molecular weight excluding hydrogens is 362 g/mol. The molecule has 0 aliphatic rings. The van der Waals surface area contributed by atoms with Crippen molar-refractivity contribution in [3.63, 3.8) is 0 Å². The number of amides is 1. The molecule has 0 bridgehead atoms. The molecular formula is C24H23N3O2. The molecule has 4 rings (SSSR count). The van der Waals surface area contributed by atoms with Crippen LogP contribution in [-0.4, -0.2) is 22.5 Å². The van der Waals surface area contributed by atoms with E-state index in [2.05, 4.69) is 0 Å². The fourth-order valence-electron chi connectivity index (χ4n) is 3.23. The summed E-state index contributed by atoms with van der Waals surface area (Å²) in [5.74, 6) is 1.48. The Balaban J connectivity index is 1.59. The number of para-hydroxylation sites is 3. The van der Waals surface area contributed by atoms with Gasteiger partial charge in [0.25, 0.3) is 0 Å².